The highest BCUT2D eigenvalue weighted by Gasteiger charge is 2.39. The van der Waals surface area contributed by atoms with Crippen LogP contribution < -0.4 is 4.74 Å². The molecule has 0 aliphatic carbocycles. The first kappa shape index (κ1) is 16.1. The van der Waals surface area contributed by atoms with E-state index in [4.69, 9.17) is 4.74 Å². The summed E-state index contributed by atoms with van der Waals surface area (Å²) < 4.78 is 19.3. The molecule has 0 bridgehead atoms. The van der Waals surface area contributed by atoms with E-state index in [-0.39, 0.29) is 11.5 Å². The smallest absolute Gasteiger partial charge is 0.255 e. The highest BCUT2D eigenvalue weighted by Crippen LogP contribution is 2.31. The number of halogens is 1. The zero-order valence-electron chi connectivity index (χ0n) is 11.9. The highest BCUT2D eigenvalue weighted by molar-refractivity contribution is 7.99. The van der Waals surface area contributed by atoms with Crippen LogP contribution >= 0.6 is 11.8 Å². The van der Waals surface area contributed by atoms with Crippen LogP contribution in [0.25, 0.3) is 11.3 Å². The predicted molar refractivity (Wildman–Crippen MR) is 82.3 cm³/mol. The van der Waals surface area contributed by atoms with Crippen molar-refractivity contribution in [3.63, 3.8) is 0 Å². The van der Waals surface area contributed by atoms with E-state index in [0.29, 0.717) is 11.3 Å². The van der Waals surface area contributed by atoms with Crippen molar-refractivity contribution in [2.45, 2.75) is 23.7 Å². The minimum atomic E-state index is -1.34. The molecule has 1 fully saturated rings. The van der Waals surface area contributed by atoms with Gasteiger partial charge in [-0.3, -0.25) is 4.98 Å². The normalized spacial score (nSPS) is 27.7. The lowest BCUT2D eigenvalue weighted by Gasteiger charge is -2.34. The van der Waals surface area contributed by atoms with Crippen molar-refractivity contribution in [1.29, 1.82) is 0 Å². The second-order valence-electron chi connectivity index (χ2n) is 5.10. The molecule has 4 atom stereocenters. The van der Waals surface area contributed by atoms with Crippen LogP contribution in [-0.2, 0) is 0 Å². The van der Waals surface area contributed by atoms with Crippen molar-refractivity contribution in [3.8, 4) is 17.0 Å². The minimum absolute atomic E-state index is 0.145. The number of aromatic nitrogens is 2. The molecule has 2 aromatic heterocycles. The molecule has 6 nitrogen and oxygen atoms in total. The first-order chi connectivity index (χ1) is 11.1. The molecule has 3 heterocycles. The van der Waals surface area contributed by atoms with Crippen molar-refractivity contribution in [2.24, 2.45) is 0 Å². The van der Waals surface area contributed by atoms with Crippen LogP contribution in [0.4, 0.5) is 4.39 Å². The first-order valence-electron chi connectivity index (χ1n) is 6.95. The molecule has 0 aromatic carbocycles. The zero-order valence-corrected chi connectivity index (χ0v) is 12.7. The van der Waals surface area contributed by atoms with E-state index in [9.17, 15) is 19.7 Å². The number of rotatable bonds is 3. The number of hydrogen-bond donors (Lipinski definition) is 3. The van der Waals surface area contributed by atoms with Gasteiger partial charge in [0.15, 0.2) is 11.2 Å². The predicted octanol–water partition coefficient (Wildman–Crippen LogP) is 0.817. The lowest BCUT2D eigenvalue weighted by Crippen LogP contribution is -2.50. The molecule has 2 aromatic rings. The Kier molecular flexibility index (Phi) is 4.76. The fourth-order valence-corrected chi connectivity index (χ4v) is 3.31. The summed E-state index contributed by atoms with van der Waals surface area (Å²) in [4.78, 5) is 7.80. The number of nitrogens with zero attached hydrogens (tertiary/aromatic N) is 2. The van der Waals surface area contributed by atoms with Crippen LogP contribution in [0.1, 0.15) is 0 Å². The summed E-state index contributed by atoms with van der Waals surface area (Å²) in [5, 5.41) is 29.1. The molecule has 3 N–H and O–H groups in total. The van der Waals surface area contributed by atoms with E-state index in [1.807, 2.05) is 0 Å². The van der Waals surface area contributed by atoms with E-state index in [2.05, 4.69) is 9.97 Å². The molecule has 0 unspecified atom stereocenters. The van der Waals surface area contributed by atoms with Crippen LogP contribution in [0, 0.1) is 5.95 Å². The maximum absolute atomic E-state index is 13.9. The molecule has 3 rings (SSSR count). The molecule has 1 saturated heterocycles. The molecular weight excluding hydrogens is 323 g/mol. The number of hydrogen-bond acceptors (Lipinski definition) is 7. The summed E-state index contributed by atoms with van der Waals surface area (Å²) in [6.07, 6.45) is -0.763. The van der Waals surface area contributed by atoms with Gasteiger partial charge in [0.25, 0.3) is 5.95 Å². The van der Waals surface area contributed by atoms with Gasteiger partial charge in [-0.05, 0) is 18.2 Å². The maximum Gasteiger partial charge on any atom is 0.255 e. The molecule has 0 amide bonds. The molecule has 23 heavy (non-hydrogen) atoms. The number of aliphatic hydroxyl groups is 3. The van der Waals surface area contributed by atoms with E-state index in [1.54, 1.807) is 24.4 Å². The van der Waals surface area contributed by atoms with Crippen molar-refractivity contribution in [3.05, 3.63) is 42.6 Å². The molecule has 0 spiro atoms. The fraction of sp³-hybridized carbons (Fsp3) is 0.333. The van der Waals surface area contributed by atoms with Gasteiger partial charge in [-0.25, -0.2) is 4.98 Å². The molecular formula is C15H15FN2O4S. The Hall–Kier alpha value is -1.74. The standard InChI is InChI=1S/C15H15FN2O4S/c16-14-11(22-15-13(21)12(20)10(19)7-23-15)5-8(6-18-14)9-3-1-2-4-17-9/h1-6,10,12-13,15,19-21H,7H2/t10-,12+,13-,15+/m1/s1. The number of aliphatic hydroxyl groups excluding tert-OH is 3. The van der Waals surface area contributed by atoms with Gasteiger partial charge < -0.3 is 20.1 Å². The average Bonchev–Trinajstić information content (AvgIpc) is 2.58. The molecule has 1 aliphatic heterocycles. The van der Waals surface area contributed by atoms with Crippen molar-refractivity contribution >= 4 is 11.8 Å². The largest absolute Gasteiger partial charge is 0.472 e. The third kappa shape index (κ3) is 3.45. The second kappa shape index (κ2) is 6.79. The Labute approximate surface area is 136 Å². The first-order valence-corrected chi connectivity index (χ1v) is 8.00. The second-order valence-corrected chi connectivity index (χ2v) is 6.23. The van der Waals surface area contributed by atoms with Gasteiger partial charge in [-0.15, -0.1) is 11.8 Å². The Morgan fingerprint density at radius 2 is 2.00 bits per heavy atom. The van der Waals surface area contributed by atoms with Crippen LogP contribution in [0.15, 0.2) is 36.7 Å². The van der Waals surface area contributed by atoms with Crippen LogP contribution in [-0.4, -0.2) is 54.8 Å². The number of pyridine rings is 2. The van der Waals surface area contributed by atoms with E-state index in [0.717, 1.165) is 11.8 Å². The topological polar surface area (TPSA) is 95.7 Å². The quantitative estimate of drug-likeness (QED) is 0.713. The molecule has 8 heteroatoms. The van der Waals surface area contributed by atoms with Gasteiger partial charge in [-0.2, -0.15) is 4.39 Å². The SMILES string of the molecule is O[C@@H]1[C@@H](O)[C@@H](Oc2cc(-c3ccccn3)cnc2F)SC[C@H]1O. The Morgan fingerprint density at radius 1 is 1.17 bits per heavy atom. The van der Waals surface area contributed by atoms with E-state index >= 15 is 0 Å². The lowest BCUT2D eigenvalue weighted by molar-refractivity contribution is -0.0790. The zero-order chi connectivity index (χ0) is 16.4. The summed E-state index contributed by atoms with van der Waals surface area (Å²) in [6, 6.07) is 6.75. The fourth-order valence-electron chi connectivity index (χ4n) is 2.19. The summed E-state index contributed by atoms with van der Waals surface area (Å²) in [6.45, 7) is 0. The van der Waals surface area contributed by atoms with Gasteiger partial charge >= 0.3 is 0 Å². The maximum atomic E-state index is 13.9. The van der Waals surface area contributed by atoms with Crippen molar-refractivity contribution in [2.75, 3.05) is 5.75 Å². The monoisotopic (exact) mass is 338 g/mol. The summed E-state index contributed by atoms with van der Waals surface area (Å²) in [5.41, 5.74) is 0.277. The number of thioether (sulfide) groups is 1. The Morgan fingerprint density at radius 3 is 2.74 bits per heavy atom. The summed E-state index contributed by atoms with van der Waals surface area (Å²) >= 11 is 1.10. The van der Waals surface area contributed by atoms with Crippen LogP contribution in [0.3, 0.4) is 0 Å². The van der Waals surface area contributed by atoms with E-state index < -0.39 is 29.7 Å². The lowest BCUT2D eigenvalue weighted by atomic mass is 10.1. The third-order valence-electron chi connectivity index (χ3n) is 3.46. The van der Waals surface area contributed by atoms with Gasteiger partial charge in [-0.1, -0.05) is 6.07 Å². The Bertz CT molecular complexity index is 676. The van der Waals surface area contributed by atoms with Crippen molar-refractivity contribution in [1.82, 2.24) is 9.97 Å². The van der Waals surface area contributed by atoms with Crippen molar-refractivity contribution < 1.29 is 24.4 Å². The Balaban J connectivity index is 1.83. The van der Waals surface area contributed by atoms with Gasteiger partial charge in [0.1, 0.15) is 12.2 Å². The third-order valence-corrected chi connectivity index (χ3v) is 4.70. The minimum Gasteiger partial charge on any atom is -0.472 e. The van der Waals surface area contributed by atoms with Gasteiger partial charge in [0.05, 0.1) is 11.8 Å². The van der Waals surface area contributed by atoms with Crippen LogP contribution in [0.5, 0.6) is 5.75 Å². The van der Waals surface area contributed by atoms with Crippen LogP contribution in [0.2, 0.25) is 0 Å². The van der Waals surface area contributed by atoms with Gasteiger partial charge in [0, 0.05) is 23.7 Å². The number of ether oxygens (including phenoxy) is 1. The summed E-state index contributed by atoms with van der Waals surface area (Å²) in [5.74, 6) is -0.788. The molecule has 0 saturated carbocycles. The molecule has 1 aliphatic rings. The molecule has 122 valence electrons. The highest BCUT2D eigenvalue weighted by atomic mass is 32.2. The van der Waals surface area contributed by atoms with E-state index in [1.165, 1.54) is 12.3 Å². The average molecular weight is 338 g/mol. The summed E-state index contributed by atoms with van der Waals surface area (Å²) in [7, 11) is 0. The molecule has 0 radical (unpaired) electrons. The van der Waals surface area contributed by atoms with Gasteiger partial charge in [0.2, 0.25) is 0 Å².